The van der Waals surface area contributed by atoms with Gasteiger partial charge in [0.25, 0.3) is 0 Å². The highest BCUT2D eigenvalue weighted by molar-refractivity contribution is 5.98. The second kappa shape index (κ2) is 10.2. The molecule has 1 amide bonds. The van der Waals surface area contributed by atoms with Crippen LogP contribution >= 0.6 is 0 Å². The molecule has 220 valence electrons. The second-order valence-corrected chi connectivity index (χ2v) is 12.0. The molecule has 4 saturated carbocycles. The van der Waals surface area contributed by atoms with Gasteiger partial charge in [0.2, 0.25) is 5.91 Å². The Labute approximate surface area is 241 Å². The van der Waals surface area contributed by atoms with E-state index >= 15 is 0 Å². The molecule has 0 saturated heterocycles. The third-order valence-electron chi connectivity index (χ3n) is 9.81. The SMILES string of the molecule is CCOc1cc(C(=O)O)ccc1NC(=O)C1C2CC(OCc3c(-c4c(F)cccc4F)noc3C3CC3)CC3CC[C@@]321. The number of aromatic nitrogens is 1. The van der Waals surface area contributed by atoms with Gasteiger partial charge in [0, 0.05) is 17.4 Å². The fourth-order valence-corrected chi connectivity index (χ4v) is 7.57. The Bertz CT molecular complexity index is 1550. The number of carboxylic acid groups (broad SMARTS) is 1. The second-order valence-electron chi connectivity index (χ2n) is 12.0. The summed E-state index contributed by atoms with van der Waals surface area (Å²) in [5.74, 6) is -0.977. The Balaban J connectivity index is 1.06. The average Bonchev–Trinajstić information content (AvgIpc) is 3.87. The number of hydrogen-bond acceptors (Lipinski definition) is 6. The van der Waals surface area contributed by atoms with Crippen molar-refractivity contribution < 1.29 is 37.5 Å². The van der Waals surface area contributed by atoms with Crippen molar-refractivity contribution in [3.8, 4) is 17.0 Å². The number of rotatable bonds is 10. The molecule has 42 heavy (non-hydrogen) atoms. The minimum Gasteiger partial charge on any atom is -0.492 e. The number of carbonyl (C=O) groups is 2. The van der Waals surface area contributed by atoms with Gasteiger partial charge in [-0.1, -0.05) is 11.2 Å². The number of nitrogens with one attached hydrogen (secondary N) is 1. The van der Waals surface area contributed by atoms with Crippen LogP contribution in [0.25, 0.3) is 11.3 Å². The number of benzene rings is 2. The Hall–Kier alpha value is -3.79. The molecule has 10 heteroatoms. The highest BCUT2D eigenvalue weighted by atomic mass is 19.1. The lowest BCUT2D eigenvalue weighted by Crippen LogP contribution is -2.39. The first-order valence-corrected chi connectivity index (χ1v) is 14.7. The molecular formula is C32H32F2N2O6. The Morgan fingerprint density at radius 2 is 1.93 bits per heavy atom. The van der Waals surface area contributed by atoms with Gasteiger partial charge >= 0.3 is 5.97 Å². The molecule has 0 radical (unpaired) electrons. The van der Waals surface area contributed by atoms with Crippen molar-refractivity contribution in [3.05, 3.63) is 64.9 Å². The molecule has 2 N–H and O–H groups in total. The summed E-state index contributed by atoms with van der Waals surface area (Å²) in [7, 11) is 0. The number of anilines is 1. The van der Waals surface area contributed by atoms with Gasteiger partial charge in [-0.3, -0.25) is 4.79 Å². The summed E-state index contributed by atoms with van der Waals surface area (Å²) in [6.45, 7) is 2.28. The van der Waals surface area contributed by atoms with E-state index in [2.05, 4.69) is 10.5 Å². The first-order valence-electron chi connectivity index (χ1n) is 14.7. The lowest BCUT2D eigenvalue weighted by molar-refractivity contribution is -0.119. The van der Waals surface area contributed by atoms with Gasteiger partial charge in [0.15, 0.2) is 0 Å². The summed E-state index contributed by atoms with van der Waals surface area (Å²) in [5.41, 5.74) is 1.09. The molecule has 3 aromatic rings. The smallest absolute Gasteiger partial charge is 0.335 e. The van der Waals surface area contributed by atoms with Crippen LogP contribution in [0.15, 0.2) is 40.9 Å². The number of carbonyl (C=O) groups excluding carboxylic acids is 1. The van der Waals surface area contributed by atoms with E-state index in [1.165, 1.54) is 30.3 Å². The van der Waals surface area contributed by atoms with Crippen LogP contribution in [0.1, 0.15) is 73.0 Å². The number of carboxylic acids is 1. The Morgan fingerprint density at radius 3 is 2.60 bits per heavy atom. The minimum atomic E-state index is -1.06. The molecule has 1 heterocycles. The van der Waals surface area contributed by atoms with E-state index in [0.717, 1.165) is 38.5 Å². The maximum absolute atomic E-state index is 14.7. The highest BCUT2D eigenvalue weighted by Crippen LogP contribution is 2.77. The number of ether oxygens (including phenoxy) is 2. The van der Waals surface area contributed by atoms with Gasteiger partial charge in [-0.05, 0) is 93.0 Å². The zero-order valence-electron chi connectivity index (χ0n) is 23.2. The normalized spacial score (nSPS) is 27.4. The van der Waals surface area contributed by atoms with Gasteiger partial charge in [-0.15, -0.1) is 0 Å². The average molecular weight is 579 g/mol. The van der Waals surface area contributed by atoms with E-state index in [1.54, 1.807) is 13.0 Å². The molecule has 5 atom stereocenters. The minimum absolute atomic E-state index is 0.0193. The van der Waals surface area contributed by atoms with Crippen LogP contribution in [0.5, 0.6) is 5.75 Å². The fraction of sp³-hybridized carbons (Fsp3) is 0.469. The van der Waals surface area contributed by atoms with E-state index in [9.17, 15) is 23.5 Å². The predicted molar refractivity (Wildman–Crippen MR) is 147 cm³/mol. The van der Waals surface area contributed by atoms with Gasteiger partial charge < -0.3 is 24.4 Å². The van der Waals surface area contributed by atoms with E-state index in [4.69, 9.17) is 14.0 Å². The number of halogens is 2. The van der Waals surface area contributed by atoms with Crippen molar-refractivity contribution >= 4 is 17.6 Å². The molecule has 0 aliphatic heterocycles. The standard InChI is InChI=1S/C32H32F2N2O6/c1-2-40-25-12-17(31(38)39)8-9-24(25)35-30(37)27-21-14-19(13-18-10-11-32(18,21)27)41-15-20-28(36-42-29(20)16-6-7-16)26-22(33)4-3-5-23(26)34/h3-5,8-9,12,16,18-19,21,27H,2,6-7,10-11,13-15H2,1H3,(H,35,37)(H,38,39)/t18?,19?,21?,27?,32-/m1/s1. The molecule has 4 fully saturated rings. The number of nitrogens with zero attached hydrogens (tertiary/aromatic N) is 1. The van der Waals surface area contributed by atoms with Crippen LogP contribution in [-0.2, 0) is 16.1 Å². The molecular weight excluding hydrogens is 546 g/mol. The maximum atomic E-state index is 14.7. The molecule has 8 nitrogen and oxygen atoms in total. The monoisotopic (exact) mass is 578 g/mol. The molecule has 4 aliphatic carbocycles. The fourth-order valence-electron chi connectivity index (χ4n) is 7.57. The molecule has 2 aromatic carbocycles. The summed E-state index contributed by atoms with van der Waals surface area (Å²) in [6.07, 6.45) is 5.36. The molecule has 1 aromatic heterocycles. The van der Waals surface area contributed by atoms with Gasteiger partial charge in [0.1, 0.15) is 28.8 Å². The summed E-state index contributed by atoms with van der Waals surface area (Å²) in [6, 6.07) is 8.20. The Kier molecular flexibility index (Phi) is 6.56. The van der Waals surface area contributed by atoms with E-state index in [1.807, 2.05) is 0 Å². The van der Waals surface area contributed by atoms with Crippen LogP contribution in [0, 0.1) is 34.8 Å². The number of amides is 1. The van der Waals surface area contributed by atoms with Crippen LogP contribution in [-0.4, -0.2) is 34.9 Å². The van der Waals surface area contributed by atoms with E-state index < -0.39 is 17.6 Å². The lowest BCUT2D eigenvalue weighted by atomic mass is 9.62. The molecule has 7 rings (SSSR count). The summed E-state index contributed by atoms with van der Waals surface area (Å²) in [5, 5.41) is 16.4. The first kappa shape index (κ1) is 27.1. The van der Waals surface area contributed by atoms with Crippen molar-refractivity contribution in [1.82, 2.24) is 5.16 Å². The zero-order valence-corrected chi connectivity index (χ0v) is 23.2. The van der Waals surface area contributed by atoms with Gasteiger partial charge in [-0.25, -0.2) is 13.6 Å². The summed E-state index contributed by atoms with van der Waals surface area (Å²) >= 11 is 0. The van der Waals surface area contributed by atoms with Gasteiger partial charge in [-0.2, -0.15) is 0 Å². The van der Waals surface area contributed by atoms with Crippen molar-refractivity contribution in [2.45, 2.75) is 64.1 Å². The zero-order chi connectivity index (χ0) is 29.2. The predicted octanol–water partition coefficient (Wildman–Crippen LogP) is 6.55. The Morgan fingerprint density at radius 1 is 1.14 bits per heavy atom. The topological polar surface area (TPSA) is 111 Å². The van der Waals surface area contributed by atoms with Crippen LogP contribution in [0.3, 0.4) is 0 Å². The summed E-state index contributed by atoms with van der Waals surface area (Å²) in [4.78, 5) is 24.9. The molecule has 0 bridgehead atoms. The molecule has 4 unspecified atom stereocenters. The van der Waals surface area contributed by atoms with Gasteiger partial charge in [0.05, 0.1) is 36.1 Å². The van der Waals surface area contributed by atoms with Crippen LogP contribution in [0.2, 0.25) is 0 Å². The molecule has 4 aliphatic rings. The third kappa shape index (κ3) is 4.38. The van der Waals surface area contributed by atoms with Crippen molar-refractivity contribution in [2.75, 3.05) is 11.9 Å². The highest BCUT2D eigenvalue weighted by Gasteiger charge is 2.76. The number of aromatic carboxylic acids is 1. The van der Waals surface area contributed by atoms with Crippen molar-refractivity contribution in [3.63, 3.8) is 0 Å². The van der Waals surface area contributed by atoms with E-state index in [-0.39, 0.29) is 58.6 Å². The maximum Gasteiger partial charge on any atom is 0.335 e. The lowest BCUT2D eigenvalue weighted by Gasteiger charge is -2.44. The van der Waals surface area contributed by atoms with Crippen molar-refractivity contribution in [1.29, 1.82) is 0 Å². The van der Waals surface area contributed by atoms with E-state index in [0.29, 0.717) is 35.3 Å². The van der Waals surface area contributed by atoms with Crippen LogP contribution in [0.4, 0.5) is 14.5 Å². The number of hydrogen-bond donors (Lipinski definition) is 2. The summed E-state index contributed by atoms with van der Waals surface area (Å²) < 4.78 is 46.9. The first-order chi connectivity index (χ1) is 20.3. The van der Waals surface area contributed by atoms with Crippen LogP contribution < -0.4 is 10.1 Å². The molecule has 1 spiro atoms. The largest absolute Gasteiger partial charge is 0.492 e. The quantitative estimate of drug-likeness (QED) is 0.281. The third-order valence-corrected chi connectivity index (χ3v) is 9.81. The van der Waals surface area contributed by atoms with Crippen molar-refractivity contribution in [2.24, 2.45) is 23.2 Å².